The summed E-state index contributed by atoms with van der Waals surface area (Å²) in [6.07, 6.45) is 2.22. The van der Waals surface area contributed by atoms with Crippen LogP contribution in [0.5, 0.6) is 11.5 Å². The first-order valence-corrected chi connectivity index (χ1v) is 6.93. The van der Waals surface area contributed by atoms with Crippen LogP contribution in [0, 0.1) is 5.41 Å². The minimum Gasteiger partial charge on any atom is -0.504 e. The minimum absolute atomic E-state index is 0.138. The maximum atomic E-state index is 11.5. The SMILES string of the molecule is CCCC1(C(=O)O)CCN(Cc2ccc(O)c(O)c2)C1. The summed E-state index contributed by atoms with van der Waals surface area (Å²) >= 11 is 0. The van der Waals surface area contributed by atoms with E-state index in [0.29, 0.717) is 25.9 Å². The van der Waals surface area contributed by atoms with Gasteiger partial charge in [-0.2, -0.15) is 0 Å². The summed E-state index contributed by atoms with van der Waals surface area (Å²) in [5.41, 5.74) is 0.242. The van der Waals surface area contributed by atoms with Gasteiger partial charge in [-0.15, -0.1) is 0 Å². The summed E-state index contributed by atoms with van der Waals surface area (Å²) in [6.45, 7) is 3.88. The molecule has 0 saturated carbocycles. The average molecular weight is 279 g/mol. The van der Waals surface area contributed by atoms with Crippen molar-refractivity contribution in [1.29, 1.82) is 0 Å². The van der Waals surface area contributed by atoms with E-state index < -0.39 is 11.4 Å². The molecule has 1 atom stereocenters. The molecule has 0 aromatic heterocycles. The Bertz CT molecular complexity index is 503. The van der Waals surface area contributed by atoms with Crippen LogP contribution in [-0.4, -0.2) is 39.3 Å². The number of carboxylic acids is 1. The topological polar surface area (TPSA) is 81.0 Å². The van der Waals surface area contributed by atoms with Crippen molar-refractivity contribution in [2.24, 2.45) is 5.41 Å². The van der Waals surface area contributed by atoms with Crippen molar-refractivity contribution in [3.63, 3.8) is 0 Å². The number of aromatic hydroxyl groups is 2. The van der Waals surface area contributed by atoms with Crippen LogP contribution in [-0.2, 0) is 11.3 Å². The lowest BCUT2D eigenvalue weighted by Gasteiger charge is -2.24. The molecule has 1 aliphatic heterocycles. The second-order valence-corrected chi connectivity index (χ2v) is 5.62. The van der Waals surface area contributed by atoms with Crippen LogP contribution >= 0.6 is 0 Å². The van der Waals surface area contributed by atoms with Gasteiger partial charge in [0, 0.05) is 13.1 Å². The number of carboxylic acid groups (broad SMARTS) is 1. The lowest BCUT2D eigenvalue weighted by atomic mass is 9.83. The monoisotopic (exact) mass is 279 g/mol. The maximum Gasteiger partial charge on any atom is 0.310 e. The van der Waals surface area contributed by atoms with Gasteiger partial charge in [-0.1, -0.05) is 19.4 Å². The molecule has 0 aliphatic carbocycles. The van der Waals surface area contributed by atoms with Gasteiger partial charge < -0.3 is 15.3 Å². The van der Waals surface area contributed by atoms with E-state index in [1.807, 2.05) is 6.92 Å². The van der Waals surface area contributed by atoms with Gasteiger partial charge in [0.2, 0.25) is 0 Å². The van der Waals surface area contributed by atoms with Crippen LogP contribution in [0.25, 0.3) is 0 Å². The van der Waals surface area contributed by atoms with E-state index in [1.165, 1.54) is 12.1 Å². The molecule has 1 heterocycles. The third-order valence-corrected chi connectivity index (χ3v) is 4.06. The van der Waals surface area contributed by atoms with Crippen molar-refractivity contribution in [3.8, 4) is 11.5 Å². The van der Waals surface area contributed by atoms with E-state index in [9.17, 15) is 20.1 Å². The highest BCUT2D eigenvalue weighted by molar-refractivity contribution is 5.75. The molecule has 110 valence electrons. The third kappa shape index (κ3) is 2.88. The summed E-state index contributed by atoms with van der Waals surface area (Å²) in [4.78, 5) is 13.6. The van der Waals surface area contributed by atoms with E-state index in [0.717, 1.165) is 18.5 Å². The highest BCUT2D eigenvalue weighted by Crippen LogP contribution is 2.36. The van der Waals surface area contributed by atoms with Crippen LogP contribution in [0.4, 0.5) is 0 Å². The number of phenols is 2. The van der Waals surface area contributed by atoms with Crippen LogP contribution in [0.3, 0.4) is 0 Å². The summed E-state index contributed by atoms with van der Waals surface area (Å²) in [5, 5.41) is 28.2. The third-order valence-electron chi connectivity index (χ3n) is 4.06. The Labute approximate surface area is 118 Å². The van der Waals surface area contributed by atoms with Gasteiger partial charge in [0.15, 0.2) is 11.5 Å². The Morgan fingerprint density at radius 1 is 1.35 bits per heavy atom. The fourth-order valence-corrected chi connectivity index (χ4v) is 2.98. The molecule has 20 heavy (non-hydrogen) atoms. The molecule has 1 unspecified atom stereocenters. The fraction of sp³-hybridized carbons (Fsp3) is 0.533. The lowest BCUT2D eigenvalue weighted by Crippen LogP contribution is -2.34. The molecule has 1 fully saturated rings. The first kappa shape index (κ1) is 14.7. The zero-order valence-corrected chi connectivity index (χ0v) is 11.7. The molecule has 1 saturated heterocycles. The summed E-state index contributed by atoms with van der Waals surface area (Å²) in [6, 6.07) is 4.72. The van der Waals surface area contributed by atoms with Crippen molar-refractivity contribution in [2.75, 3.05) is 13.1 Å². The molecule has 1 aromatic rings. The lowest BCUT2D eigenvalue weighted by molar-refractivity contribution is -0.148. The number of likely N-dealkylation sites (tertiary alicyclic amines) is 1. The van der Waals surface area contributed by atoms with Crippen molar-refractivity contribution >= 4 is 5.97 Å². The standard InChI is InChI=1S/C15H21NO4/c1-2-5-15(14(19)20)6-7-16(10-15)9-11-3-4-12(17)13(18)8-11/h3-4,8,17-18H,2,5-7,9-10H2,1H3,(H,19,20). The number of carbonyl (C=O) groups is 1. The van der Waals surface area contributed by atoms with Crippen LogP contribution in [0.1, 0.15) is 31.7 Å². The normalized spacial score (nSPS) is 23.1. The number of hydrogen-bond donors (Lipinski definition) is 3. The number of phenolic OH excluding ortho intramolecular Hbond substituents is 2. The first-order valence-electron chi connectivity index (χ1n) is 6.93. The van der Waals surface area contributed by atoms with E-state index in [2.05, 4.69) is 4.90 Å². The molecule has 5 heteroatoms. The Morgan fingerprint density at radius 3 is 2.70 bits per heavy atom. The van der Waals surface area contributed by atoms with Crippen molar-refractivity contribution in [3.05, 3.63) is 23.8 Å². The van der Waals surface area contributed by atoms with Crippen LogP contribution < -0.4 is 0 Å². The number of benzene rings is 1. The predicted molar refractivity (Wildman–Crippen MR) is 74.6 cm³/mol. The highest BCUT2D eigenvalue weighted by atomic mass is 16.4. The maximum absolute atomic E-state index is 11.5. The van der Waals surface area contributed by atoms with Gasteiger partial charge in [-0.3, -0.25) is 9.69 Å². The van der Waals surface area contributed by atoms with Crippen molar-refractivity contribution < 1.29 is 20.1 Å². The van der Waals surface area contributed by atoms with Gasteiger partial charge in [-0.25, -0.2) is 0 Å². The van der Waals surface area contributed by atoms with Gasteiger partial charge >= 0.3 is 5.97 Å². The summed E-state index contributed by atoms with van der Waals surface area (Å²) in [7, 11) is 0. The van der Waals surface area contributed by atoms with Crippen LogP contribution in [0.15, 0.2) is 18.2 Å². The number of nitrogens with zero attached hydrogens (tertiary/aromatic N) is 1. The van der Waals surface area contributed by atoms with Gasteiger partial charge in [0.1, 0.15) is 0 Å². The molecule has 1 aromatic carbocycles. The first-order chi connectivity index (χ1) is 9.47. The summed E-state index contributed by atoms with van der Waals surface area (Å²) < 4.78 is 0. The van der Waals surface area contributed by atoms with Gasteiger partial charge in [0.25, 0.3) is 0 Å². The summed E-state index contributed by atoms with van der Waals surface area (Å²) in [5.74, 6) is -0.990. The zero-order valence-electron chi connectivity index (χ0n) is 11.7. The zero-order chi connectivity index (χ0) is 14.8. The molecule has 0 radical (unpaired) electrons. The Hall–Kier alpha value is -1.75. The second kappa shape index (κ2) is 5.71. The Kier molecular flexibility index (Phi) is 4.18. The van der Waals surface area contributed by atoms with E-state index in [1.54, 1.807) is 6.07 Å². The van der Waals surface area contributed by atoms with E-state index >= 15 is 0 Å². The highest BCUT2D eigenvalue weighted by Gasteiger charge is 2.43. The molecule has 0 bridgehead atoms. The smallest absolute Gasteiger partial charge is 0.310 e. The molecule has 5 nitrogen and oxygen atoms in total. The van der Waals surface area contributed by atoms with Gasteiger partial charge in [-0.05, 0) is 37.1 Å². The van der Waals surface area contributed by atoms with Crippen molar-refractivity contribution in [1.82, 2.24) is 4.90 Å². The molecule has 0 amide bonds. The molecule has 2 rings (SSSR count). The quantitative estimate of drug-likeness (QED) is 0.720. The molecule has 0 spiro atoms. The molecule has 3 N–H and O–H groups in total. The van der Waals surface area contributed by atoms with Crippen LogP contribution in [0.2, 0.25) is 0 Å². The van der Waals surface area contributed by atoms with E-state index in [4.69, 9.17) is 0 Å². The molecular formula is C15H21NO4. The number of rotatable bonds is 5. The van der Waals surface area contributed by atoms with Crippen molar-refractivity contribution in [2.45, 2.75) is 32.7 Å². The average Bonchev–Trinajstić information content (AvgIpc) is 2.79. The molecule has 1 aliphatic rings. The fourth-order valence-electron chi connectivity index (χ4n) is 2.98. The predicted octanol–water partition coefficient (Wildman–Crippen LogP) is 2.17. The molecular weight excluding hydrogens is 258 g/mol. The second-order valence-electron chi connectivity index (χ2n) is 5.62. The Morgan fingerprint density at radius 2 is 2.10 bits per heavy atom. The number of aliphatic carboxylic acids is 1. The Balaban J connectivity index is 2.05. The minimum atomic E-state index is -0.713. The number of hydrogen-bond acceptors (Lipinski definition) is 4. The largest absolute Gasteiger partial charge is 0.504 e. The van der Waals surface area contributed by atoms with E-state index in [-0.39, 0.29) is 11.5 Å². The van der Waals surface area contributed by atoms with Gasteiger partial charge in [0.05, 0.1) is 5.41 Å².